The summed E-state index contributed by atoms with van der Waals surface area (Å²) < 4.78 is 10.7. The zero-order chi connectivity index (χ0) is 21.3. The summed E-state index contributed by atoms with van der Waals surface area (Å²) in [6.07, 6.45) is 0.443. The van der Waals surface area contributed by atoms with Crippen LogP contribution >= 0.6 is 0 Å². The number of benzene rings is 3. The fourth-order valence-electron chi connectivity index (χ4n) is 2.90. The van der Waals surface area contributed by atoms with Crippen molar-refractivity contribution in [2.24, 2.45) is 0 Å². The van der Waals surface area contributed by atoms with Crippen LogP contribution in [-0.2, 0) is 16.1 Å². The molecule has 0 fully saturated rings. The van der Waals surface area contributed by atoms with Gasteiger partial charge in [0.2, 0.25) is 0 Å². The van der Waals surface area contributed by atoms with E-state index in [1.165, 1.54) is 0 Å². The quantitative estimate of drug-likeness (QED) is 0.396. The SMILES string of the molecule is CCC(=O)c1ccc(OCC(=O)OCc2ccc(-c3ccccc3C#N)cc2)cc1. The van der Waals surface area contributed by atoms with Gasteiger partial charge in [-0.05, 0) is 47.0 Å². The molecule has 0 aliphatic rings. The number of Topliss-reactive ketones (excluding diaryl/α,β-unsaturated/α-hetero) is 1. The Bertz CT molecular complexity index is 1060. The molecule has 3 aromatic carbocycles. The predicted molar refractivity (Wildman–Crippen MR) is 113 cm³/mol. The van der Waals surface area contributed by atoms with Crippen LogP contribution in [0, 0.1) is 11.3 Å². The molecule has 0 heterocycles. The van der Waals surface area contributed by atoms with E-state index in [9.17, 15) is 14.9 Å². The van der Waals surface area contributed by atoms with Crippen LogP contribution in [0.5, 0.6) is 5.75 Å². The lowest BCUT2D eigenvalue weighted by Crippen LogP contribution is -2.14. The Morgan fingerprint density at radius 3 is 2.30 bits per heavy atom. The average molecular weight is 399 g/mol. The van der Waals surface area contributed by atoms with Gasteiger partial charge in [0.25, 0.3) is 0 Å². The average Bonchev–Trinajstić information content (AvgIpc) is 2.81. The molecule has 0 aliphatic carbocycles. The minimum Gasteiger partial charge on any atom is -0.482 e. The smallest absolute Gasteiger partial charge is 0.344 e. The Morgan fingerprint density at radius 1 is 0.933 bits per heavy atom. The van der Waals surface area contributed by atoms with E-state index in [2.05, 4.69) is 6.07 Å². The molecule has 0 spiro atoms. The highest BCUT2D eigenvalue weighted by molar-refractivity contribution is 5.95. The summed E-state index contributed by atoms with van der Waals surface area (Å²) in [6.45, 7) is 1.72. The van der Waals surface area contributed by atoms with E-state index in [0.29, 0.717) is 23.3 Å². The molecule has 3 rings (SSSR count). The van der Waals surface area contributed by atoms with E-state index in [1.807, 2.05) is 49.4 Å². The normalized spacial score (nSPS) is 10.1. The molecule has 3 aromatic rings. The minimum atomic E-state index is -0.484. The Hall–Kier alpha value is -3.91. The maximum Gasteiger partial charge on any atom is 0.344 e. The van der Waals surface area contributed by atoms with Crippen LogP contribution in [0.15, 0.2) is 72.8 Å². The number of ether oxygens (including phenoxy) is 2. The molecule has 0 aliphatic heterocycles. The molecular weight excluding hydrogens is 378 g/mol. The lowest BCUT2D eigenvalue weighted by Gasteiger charge is -2.09. The highest BCUT2D eigenvalue weighted by Gasteiger charge is 2.08. The van der Waals surface area contributed by atoms with Gasteiger partial charge in [-0.2, -0.15) is 5.26 Å². The van der Waals surface area contributed by atoms with E-state index < -0.39 is 5.97 Å². The van der Waals surface area contributed by atoms with Crippen molar-refractivity contribution in [2.45, 2.75) is 20.0 Å². The van der Waals surface area contributed by atoms with Crippen molar-refractivity contribution < 1.29 is 19.1 Å². The fourth-order valence-corrected chi connectivity index (χ4v) is 2.90. The first-order chi connectivity index (χ1) is 14.6. The molecule has 0 atom stereocenters. The molecule has 5 nitrogen and oxygen atoms in total. The van der Waals surface area contributed by atoms with Crippen LogP contribution < -0.4 is 4.74 Å². The number of esters is 1. The van der Waals surface area contributed by atoms with Gasteiger partial charge in [-0.25, -0.2) is 4.79 Å². The molecule has 30 heavy (non-hydrogen) atoms. The van der Waals surface area contributed by atoms with Crippen molar-refractivity contribution in [1.29, 1.82) is 5.26 Å². The Labute approximate surface area is 175 Å². The number of nitriles is 1. The van der Waals surface area contributed by atoms with E-state index in [1.54, 1.807) is 30.3 Å². The largest absolute Gasteiger partial charge is 0.482 e. The molecule has 0 N–H and O–H groups in total. The molecule has 0 radical (unpaired) electrons. The van der Waals surface area contributed by atoms with Gasteiger partial charge in [-0.3, -0.25) is 4.79 Å². The number of ketones is 1. The molecule has 0 unspecified atom stereocenters. The molecule has 5 heteroatoms. The summed E-state index contributed by atoms with van der Waals surface area (Å²) in [5, 5.41) is 9.23. The van der Waals surface area contributed by atoms with E-state index in [-0.39, 0.29) is 19.0 Å². The number of carbonyl (C=O) groups is 2. The van der Waals surface area contributed by atoms with Crippen molar-refractivity contribution in [3.63, 3.8) is 0 Å². The maximum absolute atomic E-state index is 11.9. The first-order valence-electron chi connectivity index (χ1n) is 9.61. The van der Waals surface area contributed by atoms with Gasteiger partial charge in [0.1, 0.15) is 12.4 Å². The molecule has 0 saturated heterocycles. The molecule has 0 aromatic heterocycles. The summed E-state index contributed by atoms with van der Waals surface area (Å²) >= 11 is 0. The second kappa shape index (κ2) is 10.0. The molecule has 0 saturated carbocycles. The van der Waals surface area contributed by atoms with Crippen molar-refractivity contribution in [1.82, 2.24) is 0 Å². The second-order valence-electron chi connectivity index (χ2n) is 6.60. The standard InChI is InChI=1S/C25H21NO4/c1-2-24(27)20-11-13-22(14-12-20)29-17-25(28)30-16-18-7-9-19(10-8-18)23-6-4-3-5-21(23)15-26/h3-14H,2,16-17H2,1H3. The number of rotatable bonds is 8. The van der Waals surface area contributed by atoms with Gasteiger partial charge in [-0.1, -0.05) is 49.4 Å². The van der Waals surface area contributed by atoms with Gasteiger partial charge < -0.3 is 9.47 Å². The van der Waals surface area contributed by atoms with E-state index in [0.717, 1.165) is 16.7 Å². The third-order valence-electron chi connectivity index (χ3n) is 4.57. The lowest BCUT2D eigenvalue weighted by atomic mass is 9.99. The first-order valence-corrected chi connectivity index (χ1v) is 9.61. The second-order valence-corrected chi connectivity index (χ2v) is 6.60. The summed E-state index contributed by atoms with van der Waals surface area (Å²) in [6, 6.07) is 23.8. The van der Waals surface area contributed by atoms with Crippen LogP contribution in [0.25, 0.3) is 11.1 Å². The number of hydrogen-bond donors (Lipinski definition) is 0. The lowest BCUT2D eigenvalue weighted by molar-refractivity contribution is -0.147. The molecule has 150 valence electrons. The zero-order valence-electron chi connectivity index (χ0n) is 16.6. The van der Waals surface area contributed by atoms with Crippen LogP contribution in [-0.4, -0.2) is 18.4 Å². The summed E-state index contributed by atoms with van der Waals surface area (Å²) in [5.74, 6) is 0.0748. The fraction of sp³-hybridized carbons (Fsp3) is 0.160. The van der Waals surface area contributed by atoms with Gasteiger partial charge in [0, 0.05) is 12.0 Å². The summed E-state index contributed by atoms with van der Waals surface area (Å²) in [7, 11) is 0. The zero-order valence-corrected chi connectivity index (χ0v) is 16.6. The van der Waals surface area contributed by atoms with Crippen LogP contribution in [0.3, 0.4) is 0 Å². The van der Waals surface area contributed by atoms with E-state index in [4.69, 9.17) is 9.47 Å². The van der Waals surface area contributed by atoms with Gasteiger partial charge in [0.15, 0.2) is 12.4 Å². The van der Waals surface area contributed by atoms with Crippen LogP contribution in [0.1, 0.15) is 34.8 Å². The Kier molecular flexibility index (Phi) is 6.96. The summed E-state index contributed by atoms with van der Waals surface area (Å²) in [4.78, 5) is 23.6. The van der Waals surface area contributed by atoms with E-state index >= 15 is 0 Å². The topological polar surface area (TPSA) is 76.4 Å². The Balaban J connectivity index is 1.50. The molecular formula is C25H21NO4. The number of nitrogens with zero attached hydrogens (tertiary/aromatic N) is 1. The maximum atomic E-state index is 11.9. The minimum absolute atomic E-state index is 0.0584. The number of carbonyl (C=O) groups excluding carboxylic acids is 2. The van der Waals surface area contributed by atoms with Crippen molar-refractivity contribution in [3.05, 3.63) is 89.5 Å². The van der Waals surface area contributed by atoms with Gasteiger partial charge in [-0.15, -0.1) is 0 Å². The van der Waals surface area contributed by atoms with Crippen molar-refractivity contribution in [3.8, 4) is 22.9 Å². The third-order valence-corrected chi connectivity index (χ3v) is 4.57. The van der Waals surface area contributed by atoms with Crippen LogP contribution in [0.4, 0.5) is 0 Å². The third kappa shape index (κ3) is 5.33. The highest BCUT2D eigenvalue weighted by atomic mass is 16.6. The van der Waals surface area contributed by atoms with Crippen molar-refractivity contribution >= 4 is 11.8 Å². The first kappa shape index (κ1) is 20.8. The van der Waals surface area contributed by atoms with Crippen LogP contribution in [0.2, 0.25) is 0 Å². The number of hydrogen-bond acceptors (Lipinski definition) is 5. The monoisotopic (exact) mass is 399 g/mol. The van der Waals surface area contributed by atoms with Gasteiger partial charge >= 0.3 is 5.97 Å². The molecule has 0 amide bonds. The predicted octanol–water partition coefficient (Wildman–Crippen LogP) is 4.94. The van der Waals surface area contributed by atoms with Gasteiger partial charge in [0.05, 0.1) is 11.6 Å². The highest BCUT2D eigenvalue weighted by Crippen LogP contribution is 2.23. The Morgan fingerprint density at radius 2 is 1.63 bits per heavy atom. The summed E-state index contributed by atoms with van der Waals surface area (Å²) in [5.41, 5.74) is 3.86. The molecule has 0 bridgehead atoms. The van der Waals surface area contributed by atoms with Crippen molar-refractivity contribution in [2.75, 3.05) is 6.61 Å².